The molecule has 0 atom stereocenters. The lowest BCUT2D eigenvalue weighted by Gasteiger charge is -2.12. The number of hydrogen-bond donors (Lipinski definition) is 1. The monoisotopic (exact) mass is 269 g/mol. The van der Waals surface area contributed by atoms with Crippen LogP contribution >= 0.6 is 0 Å². The summed E-state index contributed by atoms with van der Waals surface area (Å²) < 4.78 is 0. The van der Waals surface area contributed by atoms with E-state index in [0.717, 1.165) is 37.2 Å². The fourth-order valence-electron chi connectivity index (χ4n) is 2.76. The van der Waals surface area contributed by atoms with Crippen molar-refractivity contribution in [1.82, 2.24) is 15.1 Å². The standard InChI is InChI=1S/C16H19N3O/c1-11-5-6-13(12(2)9-11)14-10-15(18-17-14)16(20)19-7-3-4-8-19/h5-6,9-10H,3-4,7-8H2,1-2H3,(H,17,18). The number of nitrogens with zero attached hydrogens (tertiary/aromatic N) is 2. The van der Waals surface area contributed by atoms with Crippen LogP contribution in [0.1, 0.15) is 34.5 Å². The quantitative estimate of drug-likeness (QED) is 0.911. The van der Waals surface area contributed by atoms with Crippen molar-refractivity contribution in [3.8, 4) is 11.3 Å². The summed E-state index contributed by atoms with van der Waals surface area (Å²) >= 11 is 0. The van der Waals surface area contributed by atoms with Crippen molar-refractivity contribution >= 4 is 5.91 Å². The lowest BCUT2D eigenvalue weighted by Crippen LogP contribution is -2.27. The lowest BCUT2D eigenvalue weighted by molar-refractivity contribution is 0.0787. The summed E-state index contributed by atoms with van der Waals surface area (Å²) in [6.45, 7) is 5.86. The third kappa shape index (κ3) is 2.33. The second-order valence-electron chi connectivity index (χ2n) is 5.48. The molecule has 0 radical (unpaired) electrons. The van der Waals surface area contributed by atoms with Crippen LogP contribution in [-0.2, 0) is 0 Å². The predicted octanol–water partition coefficient (Wildman–Crippen LogP) is 2.93. The van der Waals surface area contributed by atoms with E-state index >= 15 is 0 Å². The zero-order valence-corrected chi connectivity index (χ0v) is 11.9. The van der Waals surface area contributed by atoms with E-state index in [1.54, 1.807) is 0 Å². The summed E-state index contributed by atoms with van der Waals surface area (Å²) in [5.74, 6) is 0.0611. The van der Waals surface area contributed by atoms with Crippen molar-refractivity contribution in [2.75, 3.05) is 13.1 Å². The van der Waals surface area contributed by atoms with Gasteiger partial charge in [0, 0.05) is 18.7 Å². The first-order chi connectivity index (χ1) is 9.65. The number of nitrogens with one attached hydrogen (secondary N) is 1. The van der Waals surface area contributed by atoms with Crippen molar-refractivity contribution in [3.63, 3.8) is 0 Å². The first-order valence-corrected chi connectivity index (χ1v) is 7.07. The molecule has 104 valence electrons. The number of aromatic nitrogens is 2. The second-order valence-corrected chi connectivity index (χ2v) is 5.48. The van der Waals surface area contributed by atoms with Crippen LogP contribution in [0.25, 0.3) is 11.3 Å². The molecule has 1 amide bonds. The Balaban J connectivity index is 1.87. The van der Waals surface area contributed by atoms with Crippen molar-refractivity contribution in [1.29, 1.82) is 0 Å². The van der Waals surface area contributed by atoms with Gasteiger partial charge < -0.3 is 4.90 Å². The van der Waals surface area contributed by atoms with Crippen LogP contribution in [-0.4, -0.2) is 34.1 Å². The number of benzene rings is 1. The van der Waals surface area contributed by atoms with Gasteiger partial charge in [0.15, 0.2) is 0 Å². The molecule has 0 bridgehead atoms. The Hall–Kier alpha value is -2.10. The van der Waals surface area contributed by atoms with Gasteiger partial charge in [0.05, 0.1) is 5.69 Å². The third-order valence-electron chi connectivity index (χ3n) is 3.86. The molecule has 4 nitrogen and oxygen atoms in total. The summed E-state index contributed by atoms with van der Waals surface area (Å²) in [5.41, 5.74) is 4.91. The van der Waals surface area contributed by atoms with Crippen molar-refractivity contribution < 1.29 is 4.79 Å². The van der Waals surface area contributed by atoms with E-state index in [0.29, 0.717) is 5.69 Å². The van der Waals surface area contributed by atoms with Crippen LogP contribution in [0.2, 0.25) is 0 Å². The molecule has 2 aromatic rings. The van der Waals surface area contributed by atoms with Gasteiger partial charge in [0.2, 0.25) is 0 Å². The topological polar surface area (TPSA) is 49.0 Å². The number of rotatable bonds is 2. The molecule has 3 rings (SSSR count). The normalized spacial score (nSPS) is 14.8. The average Bonchev–Trinajstić information content (AvgIpc) is 3.09. The van der Waals surface area contributed by atoms with Crippen LogP contribution < -0.4 is 0 Å². The first kappa shape index (κ1) is 12.9. The maximum absolute atomic E-state index is 12.3. The van der Waals surface area contributed by atoms with Crippen LogP contribution in [0.3, 0.4) is 0 Å². The molecule has 1 aliphatic rings. The van der Waals surface area contributed by atoms with Gasteiger partial charge >= 0.3 is 0 Å². The molecule has 1 aromatic heterocycles. The van der Waals surface area contributed by atoms with E-state index in [2.05, 4.69) is 42.2 Å². The highest BCUT2D eigenvalue weighted by molar-refractivity contribution is 5.93. The van der Waals surface area contributed by atoms with Gasteiger partial charge in [-0.3, -0.25) is 9.89 Å². The molecule has 0 unspecified atom stereocenters. The van der Waals surface area contributed by atoms with Crippen LogP contribution in [0, 0.1) is 13.8 Å². The summed E-state index contributed by atoms with van der Waals surface area (Å²) in [6, 6.07) is 8.12. The first-order valence-electron chi connectivity index (χ1n) is 7.07. The fraction of sp³-hybridized carbons (Fsp3) is 0.375. The third-order valence-corrected chi connectivity index (χ3v) is 3.86. The number of aryl methyl sites for hydroxylation is 2. The summed E-state index contributed by atoms with van der Waals surface area (Å²) in [5, 5.41) is 7.18. The van der Waals surface area contributed by atoms with E-state index in [1.807, 2.05) is 11.0 Å². The van der Waals surface area contributed by atoms with Gasteiger partial charge in [-0.05, 0) is 38.3 Å². The maximum atomic E-state index is 12.3. The van der Waals surface area contributed by atoms with Crippen LogP contribution in [0.5, 0.6) is 0 Å². The molecule has 0 saturated carbocycles. The summed E-state index contributed by atoms with van der Waals surface area (Å²) in [4.78, 5) is 14.2. The van der Waals surface area contributed by atoms with Gasteiger partial charge in [0.25, 0.3) is 5.91 Å². The zero-order chi connectivity index (χ0) is 14.1. The number of aromatic amines is 1. The molecule has 4 heteroatoms. The largest absolute Gasteiger partial charge is 0.337 e. The minimum absolute atomic E-state index is 0.0611. The Morgan fingerprint density at radius 1 is 1.20 bits per heavy atom. The number of likely N-dealkylation sites (tertiary alicyclic amines) is 1. The number of carbonyl (C=O) groups excluding carboxylic acids is 1. The van der Waals surface area contributed by atoms with Gasteiger partial charge in [-0.1, -0.05) is 23.8 Å². The zero-order valence-electron chi connectivity index (χ0n) is 11.9. The second kappa shape index (κ2) is 5.12. The minimum Gasteiger partial charge on any atom is -0.337 e. The Kier molecular flexibility index (Phi) is 3.30. The Bertz CT molecular complexity index is 639. The Morgan fingerprint density at radius 2 is 1.95 bits per heavy atom. The highest BCUT2D eigenvalue weighted by Crippen LogP contribution is 2.23. The Labute approximate surface area is 118 Å². The van der Waals surface area contributed by atoms with E-state index in [4.69, 9.17) is 0 Å². The number of H-pyrrole nitrogens is 1. The van der Waals surface area contributed by atoms with Crippen molar-refractivity contribution in [3.05, 3.63) is 41.1 Å². The van der Waals surface area contributed by atoms with Crippen LogP contribution in [0.15, 0.2) is 24.3 Å². The SMILES string of the molecule is Cc1ccc(-c2cc(C(=O)N3CCCC3)[nH]n2)c(C)c1. The minimum atomic E-state index is 0.0611. The van der Waals surface area contributed by atoms with E-state index in [1.165, 1.54) is 11.1 Å². The molecular weight excluding hydrogens is 250 g/mol. The smallest absolute Gasteiger partial charge is 0.271 e. The molecule has 1 saturated heterocycles. The molecule has 1 fully saturated rings. The van der Waals surface area contributed by atoms with Gasteiger partial charge in [-0.15, -0.1) is 0 Å². The molecule has 0 aliphatic carbocycles. The van der Waals surface area contributed by atoms with E-state index in [9.17, 15) is 4.79 Å². The molecular formula is C16H19N3O. The number of hydrogen-bond acceptors (Lipinski definition) is 2. The van der Waals surface area contributed by atoms with Gasteiger partial charge in [-0.25, -0.2) is 0 Å². The Morgan fingerprint density at radius 3 is 2.65 bits per heavy atom. The van der Waals surface area contributed by atoms with E-state index in [-0.39, 0.29) is 5.91 Å². The molecule has 20 heavy (non-hydrogen) atoms. The lowest BCUT2D eigenvalue weighted by atomic mass is 10.0. The van der Waals surface area contributed by atoms with Crippen LogP contribution in [0.4, 0.5) is 0 Å². The van der Waals surface area contributed by atoms with Gasteiger partial charge in [0.1, 0.15) is 5.69 Å². The number of amides is 1. The molecule has 2 heterocycles. The van der Waals surface area contributed by atoms with Gasteiger partial charge in [-0.2, -0.15) is 5.10 Å². The predicted molar refractivity (Wildman–Crippen MR) is 78.6 cm³/mol. The highest BCUT2D eigenvalue weighted by atomic mass is 16.2. The van der Waals surface area contributed by atoms with Crippen molar-refractivity contribution in [2.45, 2.75) is 26.7 Å². The number of carbonyl (C=O) groups is 1. The maximum Gasteiger partial charge on any atom is 0.271 e. The molecule has 1 N–H and O–H groups in total. The summed E-state index contributed by atoms with van der Waals surface area (Å²) in [6.07, 6.45) is 2.20. The fourth-order valence-corrected chi connectivity index (χ4v) is 2.76. The summed E-state index contributed by atoms with van der Waals surface area (Å²) in [7, 11) is 0. The molecule has 0 spiro atoms. The molecule has 1 aliphatic heterocycles. The van der Waals surface area contributed by atoms with E-state index < -0.39 is 0 Å². The average molecular weight is 269 g/mol. The van der Waals surface area contributed by atoms with Crippen molar-refractivity contribution in [2.24, 2.45) is 0 Å². The molecule has 1 aromatic carbocycles. The highest BCUT2D eigenvalue weighted by Gasteiger charge is 2.21.